The molecule has 0 aromatic carbocycles. The lowest BCUT2D eigenvalue weighted by Crippen LogP contribution is -2.01. The Morgan fingerprint density at radius 1 is 1.43 bits per heavy atom. The minimum Gasteiger partial charge on any atom is -0.463 e. The van der Waals surface area contributed by atoms with E-state index in [2.05, 4.69) is 15.3 Å². The molecule has 0 spiro atoms. The van der Waals surface area contributed by atoms with Crippen LogP contribution in [0, 0.1) is 0 Å². The van der Waals surface area contributed by atoms with Crippen LogP contribution in [0.5, 0.6) is 0 Å². The molecule has 0 unspecified atom stereocenters. The summed E-state index contributed by atoms with van der Waals surface area (Å²) in [7, 11) is 0. The van der Waals surface area contributed by atoms with Gasteiger partial charge >= 0.3 is 0 Å². The van der Waals surface area contributed by atoms with Crippen molar-refractivity contribution in [1.29, 1.82) is 0 Å². The minimum atomic E-state index is 0.626. The van der Waals surface area contributed by atoms with Crippen LogP contribution < -0.4 is 5.32 Å². The summed E-state index contributed by atoms with van der Waals surface area (Å²) in [4.78, 5) is 8.36. The van der Waals surface area contributed by atoms with E-state index in [1.807, 2.05) is 25.1 Å². The number of furan rings is 1. The van der Waals surface area contributed by atoms with Crippen LogP contribution in [0.25, 0.3) is 11.5 Å². The second kappa shape index (κ2) is 3.91. The lowest BCUT2D eigenvalue weighted by molar-refractivity contribution is 0.580. The molecule has 0 bridgehead atoms. The van der Waals surface area contributed by atoms with Crippen LogP contribution in [0.15, 0.2) is 35.1 Å². The van der Waals surface area contributed by atoms with Crippen molar-refractivity contribution >= 4 is 5.95 Å². The highest BCUT2D eigenvalue weighted by Gasteiger charge is 2.02. The Morgan fingerprint density at radius 3 is 3.07 bits per heavy atom. The Kier molecular flexibility index (Phi) is 2.44. The highest BCUT2D eigenvalue weighted by atomic mass is 16.3. The molecule has 0 saturated carbocycles. The molecule has 4 nitrogen and oxygen atoms in total. The van der Waals surface area contributed by atoms with Crippen LogP contribution in [0.4, 0.5) is 5.95 Å². The van der Waals surface area contributed by atoms with E-state index >= 15 is 0 Å². The summed E-state index contributed by atoms with van der Waals surface area (Å²) in [5, 5.41) is 3.05. The van der Waals surface area contributed by atoms with E-state index in [9.17, 15) is 0 Å². The van der Waals surface area contributed by atoms with Gasteiger partial charge in [0.25, 0.3) is 0 Å². The molecule has 14 heavy (non-hydrogen) atoms. The number of hydrogen-bond acceptors (Lipinski definition) is 4. The van der Waals surface area contributed by atoms with Gasteiger partial charge in [-0.2, -0.15) is 0 Å². The first-order valence-corrected chi connectivity index (χ1v) is 4.51. The zero-order chi connectivity index (χ0) is 9.80. The van der Waals surface area contributed by atoms with Crippen molar-refractivity contribution < 1.29 is 4.42 Å². The van der Waals surface area contributed by atoms with E-state index in [1.54, 1.807) is 12.5 Å². The van der Waals surface area contributed by atoms with Crippen molar-refractivity contribution in [1.82, 2.24) is 9.97 Å². The second-order valence-electron chi connectivity index (χ2n) is 2.77. The molecule has 4 heteroatoms. The molecule has 72 valence electrons. The molecule has 2 aromatic rings. The molecule has 0 aliphatic carbocycles. The zero-order valence-electron chi connectivity index (χ0n) is 7.90. The first kappa shape index (κ1) is 8.74. The number of nitrogens with one attached hydrogen (secondary N) is 1. The molecular weight excluding hydrogens is 178 g/mol. The molecule has 2 rings (SSSR count). The zero-order valence-corrected chi connectivity index (χ0v) is 7.90. The molecule has 0 amide bonds. The lowest BCUT2D eigenvalue weighted by Gasteiger charge is -2.01. The summed E-state index contributed by atoms with van der Waals surface area (Å²) < 4.78 is 5.23. The maximum atomic E-state index is 5.23. The average molecular weight is 189 g/mol. The molecular formula is C10H11N3O. The number of anilines is 1. The molecule has 1 N–H and O–H groups in total. The van der Waals surface area contributed by atoms with Crippen LogP contribution in [0.3, 0.4) is 0 Å². The summed E-state index contributed by atoms with van der Waals surface area (Å²) in [5.41, 5.74) is 0.793. The summed E-state index contributed by atoms with van der Waals surface area (Å²) in [5.74, 6) is 1.38. The predicted molar refractivity (Wildman–Crippen MR) is 53.9 cm³/mol. The standard InChI is InChI=1S/C10H11N3O/c1-2-11-10-12-6-5-8(13-10)9-4-3-7-14-9/h3-7H,2H2,1H3,(H,11,12,13). The van der Waals surface area contributed by atoms with Gasteiger partial charge in [0.15, 0.2) is 5.76 Å². The van der Waals surface area contributed by atoms with Crippen LogP contribution >= 0.6 is 0 Å². The van der Waals surface area contributed by atoms with Gasteiger partial charge in [0.05, 0.1) is 6.26 Å². The lowest BCUT2D eigenvalue weighted by atomic mass is 10.3. The van der Waals surface area contributed by atoms with Crippen molar-refractivity contribution in [2.45, 2.75) is 6.92 Å². The Morgan fingerprint density at radius 2 is 2.36 bits per heavy atom. The fraction of sp³-hybridized carbons (Fsp3) is 0.200. The maximum absolute atomic E-state index is 5.23. The van der Waals surface area contributed by atoms with Gasteiger partial charge in [-0.15, -0.1) is 0 Å². The Hall–Kier alpha value is -1.84. The molecule has 0 aliphatic heterocycles. The fourth-order valence-electron chi connectivity index (χ4n) is 1.16. The van der Waals surface area contributed by atoms with Crippen LogP contribution in [-0.2, 0) is 0 Å². The monoisotopic (exact) mass is 189 g/mol. The van der Waals surface area contributed by atoms with E-state index in [0.29, 0.717) is 5.95 Å². The SMILES string of the molecule is CCNc1nccc(-c2ccco2)n1. The highest BCUT2D eigenvalue weighted by molar-refractivity contribution is 5.52. The van der Waals surface area contributed by atoms with Crippen molar-refractivity contribution in [2.24, 2.45) is 0 Å². The van der Waals surface area contributed by atoms with Gasteiger partial charge in [0, 0.05) is 12.7 Å². The molecule has 2 heterocycles. The molecule has 0 saturated heterocycles. The van der Waals surface area contributed by atoms with Crippen LogP contribution in [0.1, 0.15) is 6.92 Å². The van der Waals surface area contributed by atoms with E-state index in [1.165, 1.54) is 0 Å². The van der Waals surface area contributed by atoms with E-state index < -0.39 is 0 Å². The largest absolute Gasteiger partial charge is 0.463 e. The number of hydrogen-bond donors (Lipinski definition) is 1. The number of aromatic nitrogens is 2. The van der Waals surface area contributed by atoms with Gasteiger partial charge in [-0.05, 0) is 25.1 Å². The van der Waals surface area contributed by atoms with Crippen molar-refractivity contribution in [3.05, 3.63) is 30.7 Å². The summed E-state index contributed by atoms with van der Waals surface area (Å²) in [6.07, 6.45) is 3.34. The van der Waals surface area contributed by atoms with E-state index in [0.717, 1.165) is 18.0 Å². The van der Waals surface area contributed by atoms with E-state index in [4.69, 9.17) is 4.42 Å². The Balaban J connectivity index is 2.31. The quantitative estimate of drug-likeness (QED) is 0.803. The first-order valence-electron chi connectivity index (χ1n) is 4.51. The molecule has 0 fully saturated rings. The van der Waals surface area contributed by atoms with Gasteiger partial charge in [-0.3, -0.25) is 0 Å². The van der Waals surface area contributed by atoms with Crippen molar-refractivity contribution in [3.63, 3.8) is 0 Å². The normalized spacial score (nSPS) is 10.1. The second-order valence-corrected chi connectivity index (χ2v) is 2.77. The maximum Gasteiger partial charge on any atom is 0.223 e. The fourth-order valence-corrected chi connectivity index (χ4v) is 1.16. The molecule has 0 aliphatic rings. The average Bonchev–Trinajstić information content (AvgIpc) is 2.71. The molecule has 0 radical (unpaired) electrons. The van der Waals surface area contributed by atoms with Crippen molar-refractivity contribution in [3.8, 4) is 11.5 Å². The van der Waals surface area contributed by atoms with E-state index in [-0.39, 0.29) is 0 Å². The van der Waals surface area contributed by atoms with Gasteiger partial charge in [-0.1, -0.05) is 0 Å². The topological polar surface area (TPSA) is 51.0 Å². The van der Waals surface area contributed by atoms with Gasteiger partial charge in [0.1, 0.15) is 5.69 Å². The Labute approximate surface area is 82.0 Å². The third kappa shape index (κ3) is 1.74. The predicted octanol–water partition coefficient (Wildman–Crippen LogP) is 2.17. The van der Waals surface area contributed by atoms with Gasteiger partial charge < -0.3 is 9.73 Å². The minimum absolute atomic E-state index is 0.626. The molecule has 0 atom stereocenters. The smallest absolute Gasteiger partial charge is 0.223 e. The number of nitrogens with zero attached hydrogens (tertiary/aromatic N) is 2. The summed E-state index contributed by atoms with van der Waals surface area (Å²) in [6, 6.07) is 5.53. The first-order chi connectivity index (χ1) is 6.90. The van der Waals surface area contributed by atoms with Crippen LogP contribution in [0.2, 0.25) is 0 Å². The van der Waals surface area contributed by atoms with Crippen LogP contribution in [-0.4, -0.2) is 16.5 Å². The number of rotatable bonds is 3. The third-order valence-corrected chi connectivity index (χ3v) is 1.76. The highest BCUT2D eigenvalue weighted by Crippen LogP contribution is 2.17. The summed E-state index contributed by atoms with van der Waals surface area (Å²) >= 11 is 0. The van der Waals surface area contributed by atoms with Gasteiger partial charge in [-0.25, -0.2) is 9.97 Å². The molecule has 2 aromatic heterocycles. The third-order valence-electron chi connectivity index (χ3n) is 1.76. The van der Waals surface area contributed by atoms with Crippen molar-refractivity contribution in [2.75, 3.05) is 11.9 Å². The Bertz CT molecular complexity index is 398. The summed E-state index contributed by atoms with van der Waals surface area (Å²) in [6.45, 7) is 2.81. The van der Waals surface area contributed by atoms with Gasteiger partial charge in [0.2, 0.25) is 5.95 Å².